The molecule has 0 spiro atoms. The van der Waals surface area contributed by atoms with Gasteiger partial charge in [0.05, 0.1) is 5.75 Å². The summed E-state index contributed by atoms with van der Waals surface area (Å²) in [6, 6.07) is 0.342. The van der Waals surface area contributed by atoms with E-state index in [-0.39, 0.29) is 12.1 Å². The Hall–Kier alpha value is -0.0900. The highest BCUT2D eigenvalue weighted by molar-refractivity contribution is 7.89. The van der Waals surface area contributed by atoms with Crippen molar-refractivity contribution in [3.8, 4) is 0 Å². The van der Waals surface area contributed by atoms with E-state index >= 15 is 0 Å². The molecule has 0 amide bonds. The summed E-state index contributed by atoms with van der Waals surface area (Å²) < 4.78 is 25.1. The lowest BCUT2D eigenvalue weighted by atomic mass is 10.1. The van der Waals surface area contributed by atoms with Crippen LogP contribution in [0.25, 0.3) is 0 Å². The summed E-state index contributed by atoms with van der Waals surface area (Å²) >= 11 is 0. The first-order valence-electron chi connectivity index (χ1n) is 5.00. The van der Waals surface area contributed by atoms with Gasteiger partial charge >= 0.3 is 0 Å². The third kappa shape index (κ3) is 2.23. The summed E-state index contributed by atoms with van der Waals surface area (Å²) in [6.07, 6.45) is 2.77. The SMILES string of the molecule is CC[C@H]1CCCS(=O)(=O)N1C(C)C. The van der Waals surface area contributed by atoms with Gasteiger partial charge < -0.3 is 0 Å². The highest BCUT2D eigenvalue weighted by Crippen LogP contribution is 2.24. The predicted molar refractivity (Wildman–Crippen MR) is 54.1 cm³/mol. The second-order valence-corrected chi connectivity index (χ2v) is 5.94. The second-order valence-electron chi connectivity index (χ2n) is 3.94. The molecule has 0 aromatic carbocycles. The first-order valence-corrected chi connectivity index (χ1v) is 6.61. The molecule has 0 bridgehead atoms. The first-order chi connectivity index (χ1) is 5.99. The van der Waals surface area contributed by atoms with Crippen LogP contribution in [-0.4, -0.2) is 30.6 Å². The zero-order valence-corrected chi connectivity index (χ0v) is 9.47. The van der Waals surface area contributed by atoms with Crippen molar-refractivity contribution >= 4 is 10.0 Å². The van der Waals surface area contributed by atoms with Gasteiger partial charge in [-0.3, -0.25) is 0 Å². The molecule has 1 saturated heterocycles. The van der Waals surface area contributed by atoms with Crippen molar-refractivity contribution in [3.63, 3.8) is 0 Å². The summed E-state index contributed by atoms with van der Waals surface area (Å²) in [5, 5.41) is 0. The van der Waals surface area contributed by atoms with E-state index in [2.05, 4.69) is 6.92 Å². The lowest BCUT2D eigenvalue weighted by Crippen LogP contribution is -2.48. The van der Waals surface area contributed by atoms with Crippen LogP contribution < -0.4 is 0 Å². The van der Waals surface area contributed by atoms with Gasteiger partial charge in [-0.05, 0) is 33.1 Å². The minimum Gasteiger partial charge on any atom is -0.212 e. The Balaban J connectivity index is 2.90. The van der Waals surface area contributed by atoms with Gasteiger partial charge in [0.15, 0.2) is 0 Å². The molecular formula is C9H19NO2S. The largest absolute Gasteiger partial charge is 0.214 e. The average molecular weight is 205 g/mol. The number of rotatable bonds is 2. The van der Waals surface area contributed by atoms with E-state index in [9.17, 15) is 8.42 Å². The van der Waals surface area contributed by atoms with Gasteiger partial charge in [-0.25, -0.2) is 8.42 Å². The topological polar surface area (TPSA) is 37.4 Å². The van der Waals surface area contributed by atoms with Crippen molar-refractivity contribution in [2.75, 3.05) is 5.75 Å². The Morgan fingerprint density at radius 2 is 2.08 bits per heavy atom. The Morgan fingerprint density at radius 1 is 1.46 bits per heavy atom. The van der Waals surface area contributed by atoms with Crippen molar-refractivity contribution in [1.82, 2.24) is 4.31 Å². The monoisotopic (exact) mass is 205 g/mol. The van der Waals surface area contributed by atoms with Gasteiger partial charge in [0.1, 0.15) is 0 Å². The lowest BCUT2D eigenvalue weighted by Gasteiger charge is -2.37. The van der Waals surface area contributed by atoms with Gasteiger partial charge in [-0.1, -0.05) is 6.92 Å². The average Bonchev–Trinajstić information content (AvgIpc) is 2.01. The van der Waals surface area contributed by atoms with Crippen molar-refractivity contribution < 1.29 is 8.42 Å². The quantitative estimate of drug-likeness (QED) is 0.686. The molecule has 1 aliphatic heterocycles. The van der Waals surface area contributed by atoms with Crippen molar-refractivity contribution in [2.45, 2.75) is 52.1 Å². The van der Waals surface area contributed by atoms with Crippen molar-refractivity contribution in [1.29, 1.82) is 0 Å². The molecule has 0 aromatic rings. The van der Waals surface area contributed by atoms with Crippen molar-refractivity contribution in [3.05, 3.63) is 0 Å². The van der Waals surface area contributed by atoms with Crippen LogP contribution >= 0.6 is 0 Å². The Labute approximate surface area is 81.2 Å². The van der Waals surface area contributed by atoms with Crippen LogP contribution in [0.15, 0.2) is 0 Å². The summed E-state index contributed by atoms with van der Waals surface area (Å²) in [5.41, 5.74) is 0. The number of sulfonamides is 1. The Kier molecular flexibility index (Phi) is 3.35. The molecule has 0 radical (unpaired) electrons. The molecule has 1 atom stereocenters. The van der Waals surface area contributed by atoms with E-state index in [1.165, 1.54) is 0 Å². The highest BCUT2D eigenvalue weighted by Gasteiger charge is 2.34. The number of hydrogen-bond donors (Lipinski definition) is 0. The smallest absolute Gasteiger partial charge is 0.212 e. The van der Waals surface area contributed by atoms with Crippen molar-refractivity contribution in [2.24, 2.45) is 0 Å². The van der Waals surface area contributed by atoms with Gasteiger partial charge in [0, 0.05) is 12.1 Å². The van der Waals surface area contributed by atoms with Crippen LogP contribution in [-0.2, 0) is 10.0 Å². The zero-order chi connectivity index (χ0) is 10.1. The maximum atomic E-state index is 11.7. The molecule has 1 rings (SSSR count). The molecule has 0 saturated carbocycles. The minimum absolute atomic E-state index is 0.107. The summed E-state index contributed by atoms with van der Waals surface area (Å²) in [4.78, 5) is 0. The first kappa shape index (κ1) is 11.0. The third-order valence-corrected chi connectivity index (χ3v) is 4.77. The molecule has 1 heterocycles. The fourth-order valence-corrected chi connectivity index (χ4v) is 4.18. The molecule has 4 heteroatoms. The van der Waals surface area contributed by atoms with Gasteiger partial charge in [-0.2, -0.15) is 4.31 Å². The minimum atomic E-state index is -2.95. The van der Waals surface area contributed by atoms with Crippen LogP contribution in [0.5, 0.6) is 0 Å². The molecule has 1 fully saturated rings. The standard InChI is InChI=1S/C9H19NO2S/c1-4-9-6-5-7-13(11,12)10(9)8(2)3/h8-9H,4-7H2,1-3H3/t9-/m0/s1. The molecule has 0 unspecified atom stereocenters. The van der Waals surface area contributed by atoms with Crippen LogP contribution in [0, 0.1) is 0 Å². The molecule has 0 aromatic heterocycles. The fourth-order valence-electron chi connectivity index (χ4n) is 2.09. The van der Waals surface area contributed by atoms with E-state index in [1.807, 2.05) is 13.8 Å². The number of nitrogens with zero attached hydrogens (tertiary/aromatic N) is 1. The number of hydrogen-bond acceptors (Lipinski definition) is 2. The van der Waals surface area contributed by atoms with Gasteiger partial charge in [0.25, 0.3) is 0 Å². The summed E-state index contributed by atoms with van der Waals surface area (Å²) in [6.45, 7) is 5.96. The Morgan fingerprint density at radius 3 is 2.46 bits per heavy atom. The van der Waals surface area contributed by atoms with E-state index in [0.29, 0.717) is 5.75 Å². The molecule has 3 nitrogen and oxygen atoms in total. The van der Waals surface area contributed by atoms with E-state index in [0.717, 1.165) is 19.3 Å². The summed E-state index contributed by atoms with van der Waals surface area (Å²) in [7, 11) is -2.95. The molecule has 13 heavy (non-hydrogen) atoms. The van der Waals surface area contributed by atoms with Crippen LogP contribution in [0.3, 0.4) is 0 Å². The lowest BCUT2D eigenvalue weighted by molar-refractivity contribution is 0.239. The van der Waals surface area contributed by atoms with Crippen LogP contribution in [0.4, 0.5) is 0 Å². The van der Waals surface area contributed by atoms with Crippen LogP contribution in [0.2, 0.25) is 0 Å². The zero-order valence-electron chi connectivity index (χ0n) is 8.66. The molecule has 0 N–H and O–H groups in total. The third-order valence-electron chi connectivity index (χ3n) is 2.60. The van der Waals surface area contributed by atoms with E-state index < -0.39 is 10.0 Å². The van der Waals surface area contributed by atoms with E-state index in [4.69, 9.17) is 0 Å². The van der Waals surface area contributed by atoms with Gasteiger partial charge in [-0.15, -0.1) is 0 Å². The fraction of sp³-hybridized carbons (Fsp3) is 1.00. The maximum Gasteiger partial charge on any atom is 0.214 e. The molecule has 1 aliphatic rings. The maximum absolute atomic E-state index is 11.7. The van der Waals surface area contributed by atoms with Gasteiger partial charge in [0.2, 0.25) is 10.0 Å². The molecular weight excluding hydrogens is 186 g/mol. The highest BCUT2D eigenvalue weighted by atomic mass is 32.2. The second kappa shape index (κ2) is 3.96. The van der Waals surface area contributed by atoms with Crippen LogP contribution in [0.1, 0.15) is 40.0 Å². The summed E-state index contributed by atoms with van der Waals surface area (Å²) in [5.74, 6) is 0.335. The Bertz CT molecular complexity index is 259. The normalized spacial score (nSPS) is 29.4. The van der Waals surface area contributed by atoms with E-state index in [1.54, 1.807) is 4.31 Å². The predicted octanol–water partition coefficient (Wildman–Crippen LogP) is 1.60. The molecule has 0 aliphatic carbocycles. The molecule has 78 valence electrons.